The van der Waals surface area contributed by atoms with Crippen LogP contribution in [0.2, 0.25) is 0 Å². The van der Waals surface area contributed by atoms with Gasteiger partial charge in [-0.25, -0.2) is 16.8 Å². The molecule has 3 aromatic rings. The number of ether oxygens (including phenoxy) is 1. The van der Waals surface area contributed by atoms with Crippen molar-refractivity contribution in [1.82, 2.24) is 8.61 Å². The molecule has 36 heavy (non-hydrogen) atoms. The monoisotopic (exact) mass is 529 g/mol. The third kappa shape index (κ3) is 5.14. The molecule has 1 heterocycles. The average molecular weight is 530 g/mol. The van der Waals surface area contributed by atoms with Gasteiger partial charge in [0.15, 0.2) is 0 Å². The Labute approximate surface area is 211 Å². The number of nitrogens with one attached hydrogen (secondary N) is 1. The van der Waals surface area contributed by atoms with Crippen LogP contribution >= 0.6 is 0 Å². The predicted molar refractivity (Wildman–Crippen MR) is 136 cm³/mol. The lowest BCUT2D eigenvalue weighted by Gasteiger charge is -2.39. The summed E-state index contributed by atoms with van der Waals surface area (Å²) >= 11 is 0. The number of carbonyl (C=O) groups excluding carboxylic acids is 1. The van der Waals surface area contributed by atoms with Gasteiger partial charge in [0.25, 0.3) is 0 Å². The van der Waals surface area contributed by atoms with Crippen LogP contribution in [0.4, 0.5) is 5.69 Å². The molecule has 1 fully saturated rings. The van der Waals surface area contributed by atoms with Crippen molar-refractivity contribution in [2.45, 2.75) is 22.8 Å². The van der Waals surface area contributed by atoms with Gasteiger partial charge in [-0.2, -0.15) is 8.61 Å². The van der Waals surface area contributed by atoms with Crippen molar-refractivity contribution in [2.24, 2.45) is 0 Å². The predicted octanol–water partition coefficient (Wildman–Crippen LogP) is 2.71. The Morgan fingerprint density at radius 2 is 1.44 bits per heavy atom. The third-order valence-electron chi connectivity index (χ3n) is 5.94. The summed E-state index contributed by atoms with van der Waals surface area (Å²) in [5, 5.41) is 2.75. The Hall–Kier alpha value is -3.25. The maximum absolute atomic E-state index is 13.6. The van der Waals surface area contributed by atoms with E-state index in [4.69, 9.17) is 4.74 Å². The highest BCUT2D eigenvalue weighted by atomic mass is 32.2. The lowest BCUT2D eigenvalue weighted by atomic mass is 10.1. The smallest absolute Gasteiger partial charge is 0.244 e. The largest absolute Gasteiger partial charge is 0.495 e. The minimum absolute atomic E-state index is 0.0234. The van der Waals surface area contributed by atoms with E-state index in [1.165, 1.54) is 31.4 Å². The second kappa shape index (κ2) is 10.4. The zero-order valence-electron chi connectivity index (χ0n) is 19.9. The summed E-state index contributed by atoms with van der Waals surface area (Å²) in [7, 11) is -6.57. The van der Waals surface area contributed by atoms with Crippen LogP contribution in [0, 0.1) is 6.92 Å². The molecular formula is C25H27N3O6S2. The number of hydrogen-bond acceptors (Lipinski definition) is 6. The van der Waals surface area contributed by atoms with Gasteiger partial charge in [-0.1, -0.05) is 42.5 Å². The summed E-state index contributed by atoms with van der Waals surface area (Å²) in [4.78, 5) is 13.6. The number of aryl methyl sites for hydroxylation is 1. The molecule has 3 aromatic carbocycles. The van der Waals surface area contributed by atoms with Crippen molar-refractivity contribution >= 4 is 31.6 Å². The summed E-state index contributed by atoms with van der Waals surface area (Å²) in [6.45, 7) is 1.21. The number of methoxy groups -OCH3 is 1. The van der Waals surface area contributed by atoms with E-state index in [0.29, 0.717) is 11.4 Å². The summed E-state index contributed by atoms with van der Waals surface area (Å²) in [5.41, 5.74) is 1.22. The molecule has 9 nitrogen and oxygen atoms in total. The van der Waals surface area contributed by atoms with Gasteiger partial charge < -0.3 is 10.1 Å². The van der Waals surface area contributed by atoms with Gasteiger partial charge >= 0.3 is 0 Å². The second-order valence-electron chi connectivity index (χ2n) is 8.31. The topological polar surface area (TPSA) is 113 Å². The Balaban J connectivity index is 1.71. The molecule has 0 bridgehead atoms. The Kier molecular flexibility index (Phi) is 7.46. The van der Waals surface area contributed by atoms with Crippen molar-refractivity contribution in [2.75, 3.05) is 32.1 Å². The zero-order chi connectivity index (χ0) is 25.9. The van der Waals surface area contributed by atoms with Crippen molar-refractivity contribution in [3.8, 4) is 5.75 Å². The summed E-state index contributed by atoms with van der Waals surface area (Å²) in [5.74, 6) is -0.262. The molecule has 0 aromatic heterocycles. The van der Waals surface area contributed by atoms with Crippen LogP contribution in [-0.2, 0) is 24.8 Å². The van der Waals surface area contributed by atoms with E-state index in [9.17, 15) is 21.6 Å². The SMILES string of the molecule is COc1ccc(C)cc1NC(=O)C1CN(S(=O)(=O)c2ccccc2)CCN1S(=O)(=O)c1ccccc1. The molecule has 0 spiro atoms. The maximum atomic E-state index is 13.6. The molecule has 0 radical (unpaired) electrons. The number of amides is 1. The number of hydrogen-bond donors (Lipinski definition) is 1. The average Bonchev–Trinajstić information content (AvgIpc) is 2.89. The fourth-order valence-corrected chi connectivity index (χ4v) is 7.12. The Bertz CT molecular complexity index is 1450. The number of nitrogens with zero attached hydrogens (tertiary/aromatic N) is 2. The summed E-state index contributed by atoms with van der Waals surface area (Å²) < 4.78 is 61.2. The molecular weight excluding hydrogens is 502 g/mol. The minimum atomic E-state index is -4.09. The summed E-state index contributed by atoms with van der Waals surface area (Å²) in [6.07, 6.45) is 0. The number of rotatable bonds is 7. The minimum Gasteiger partial charge on any atom is -0.495 e. The molecule has 1 N–H and O–H groups in total. The van der Waals surface area contributed by atoms with Crippen molar-refractivity contribution < 1.29 is 26.4 Å². The lowest BCUT2D eigenvalue weighted by Crippen LogP contribution is -2.60. The van der Waals surface area contributed by atoms with E-state index in [1.807, 2.05) is 13.0 Å². The summed E-state index contributed by atoms with van der Waals surface area (Å²) in [6, 6.07) is 19.5. The van der Waals surface area contributed by atoms with Gasteiger partial charge in [0.2, 0.25) is 26.0 Å². The molecule has 1 aliphatic heterocycles. The molecule has 1 saturated heterocycles. The molecule has 190 valence electrons. The molecule has 0 aliphatic carbocycles. The molecule has 4 rings (SSSR count). The molecule has 1 aliphatic rings. The normalized spacial score (nSPS) is 17.4. The fraction of sp³-hybridized carbons (Fsp3) is 0.240. The van der Waals surface area contributed by atoms with Crippen LogP contribution in [0.1, 0.15) is 5.56 Å². The van der Waals surface area contributed by atoms with Crippen LogP contribution in [0.15, 0.2) is 88.7 Å². The van der Waals surface area contributed by atoms with Gasteiger partial charge in [0, 0.05) is 19.6 Å². The van der Waals surface area contributed by atoms with Gasteiger partial charge in [-0.05, 0) is 48.9 Å². The molecule has 0 saturated carbocycles. The van der Waals surface area contributed by atoms with E-state index in [2.05, 4.69) is 5.32 Å². The van der Waals surface area contributed by atoms with Gasteiger partial charge in [-0.15, -0.1) is 0 Å². The first-order valence-electron chi connectivity index (χ1n) is 11.2. The quantitative estimate of drug-likeness (QED) is 0.504. The van der Waals surface area contributed by atoms with Crippen molar-refractivity contribution in [3.05, 3.63) is 84.4 Å². The van der Waals surface area contributed by atoms with Crippen LogP contribution in [0.25, 0.3) is 0 Å². The first kappa shape index (κ1) is 25.8. The first-order chi connectivity index (χ1) is 17.1. The van der Waals surface area contributed by atoms with Crippen LogP contribution in [0.5, 0.6) is 5.75 Å². The Morgan fingerprint density at radius 3 is 2.03 bits per heavy atom. The van der Waals surface area contributed by atoms with E-state index >= 15 is 0 Å². The lowest BCUT2D eigenvalue weighted by molar-refractivity contribution is -0.120. The molecule has 11 heteroatoms. The van der Waals surface area contributed by atoms with E-state index in [1.54, 1.807) is 48.5 Å². The van der Waals surface area contributed by atoms with E-state index in [-0.39, 0.29) is 29.4 Å². The first-order valence-corrected chi connectivity index (χ1v) is 14.1. The number of anilines is 1. The van der Waals surface area contributed by atoms with E-state index in [0.717, 1.165) is 14.2 Å². The molecule has 1 unspecified atom stereocenters. The number of benzene rings is 3. The van der Waals surface area contributed by atoms with Gasteiger partial charge in [0.1, 0.15) is 11.8 Å². The van der Waals surface area contributed by atoms with Crippen LogP contribution < -0.4 is 10.1 Å². The second-order valence-corrected chi connectivity index (χ2v) is 12.1. The molecule has 1 amide bonds. The molecule has 1 atom stereocenters. The maximum Gasteiger partial charge on any atom is 0.244 e. The number of sulfonamides is 2. The Morgan fingerprint density at radius 1 is 0.861 bits per heavy atom. The van der Waals surface area contributed by atoms with Crippen LogP contribution in [-0.4, -0.2) is 64.1 Å². The fourth-order valence-electron chi connectivity index (χ4n) is 4.07. The van der Waals surface area contributed by atoms with Crippen molar-refractivity contribution in [3.63, 3.8) is 0 Å². The standard InChI is InChI=1S/C25H27N3O6S2/c1-19-13-14-24(34-2)22(17-19)26-25(29)23-18-27(35(30,31)20-9-5-3-6-10-20)15-16-28(23)36(32,33)21-11-7-4-8-12-21/h3-14,17,23H,15-16,18H2,1-2H3,(H,26,29). The highest BCUT2D eigenvalue weighted by Gasteiger charge is 2.43. The van der Waals surface area contributed by atoms with Gasteiger partial charge in [-0.3, -0.25) is 4.79 Å². The van der Waals surface area contributed by atoms with E-state index < -0.39 is 32.0 Å². The zero-order valence-corrected chi connectivity index (χ0v) is 21.5. The third-order valence-corrected chi connectivity index (χ3v) is 9.74. The number of carbonyl (C=O) groups is 1. The highest BCUT2D eigenvalue weighted by molar-refractivity contribution is 7.89. The van der Waals surface area contributed by atoms with Crippen LogP contribution in [0.3, 0.4) is 0 Å². The number of piperazine rings is 1. The van der Waals surface area contributed by atoms with Gasteiger partial charge in [0.05, 0.1) is 22.6 Å². The van der Waals surface area contributed by atoms with Crippen molar-refractivity contribution in [1.29, 1.82) is 0 Å². The highest BCUT2D eigenvalue weighted by Crippen LogP contribution is 2.29.